The Morgan fingerprint density at radius 3 is 2.46 bits per heavy atom. The second kappa shape index (κ2) is 5.33. The predicted octanol–water partition coefficient (Wildman–Crippen LogP) is 0.174. The van der Waals surface area contributed by atoms with E-state index in [1.807, 2.05) is 0 Å². The van der Waals surface area contributed by atoms with Gasteiger partial charge in [-0.1, -0.05) is 12.2 Å². The Bertz CT molecular complexity index is 256. The van der Waals surface area contributed by atoms with Gasteiger partial charge in [0, 0.05) is 0 Å². The lowest BCUT2D eigenvalue weighted by atomic mass is 10.4. The fraction of sp³-hybridized carbons (Fsp3) is 0.714. The molecule has 13 heavy (non-hydrogen) atoms. The number of aliphatic hydroxyl groups excluding tert-OH is 1. The van der Waals surface area contributed by atoms with Crippen LogP contribution in [-0.4, -0.2) is 36.2 Å². The molecule has 6 heteroatoms. The molecule has 0 radical (unpaired) electrons. The molecule has 0 aromatic heterocycles. The predicted molar refractivity (Wildman–Crippen MR) is 47.8 cm³/mol. The van der Waals surface area contributed by atoms with Crippen LogP contribution in [0.1, 0.15) is 13.8 Å². The number of rotatable bonds is 5. The van der Waals surface area contributed by atoms with Gasteiger partial charge >= 0.3 is 0 Å². The lowest BCUT2D eigenvalue weighted by Crippen LogP contribution is -2.33. The van der Waals surface area contributed by atoms with E-state index in [0.29, 0.717) is 0 Å². The van der Waals surface area contributed by atoms with Crippen LogP contribution >= 0.6 is 0 Å². The maximum atomic E-state index is 10.5. The van der Waals surface area contributed by atoms with Gasteiger partial charge in [0.25, 0.3) is 10.1 Å². The van der Waals surface area contributed by atoms with Crippen LogP contribution in [0.25, 0.3) is 0 Å². The first-order valence-electron chi connectivity index (χ1n) is 3.76. The monoisotopic (exact) mass is 210 g/mol. The van der Waals surface area contributed by atoms with Gasteiger partial charge in [-0.05, 0) is 13.8 Å². The van der Waals surface area contributed by atoms with Crippen molar-refractivity contribution in [2.75, 3.05) is 6.61 Å². The standard InChI is InChI=1S/C7H14O5S/c1-3-4-5-12-7(8)6(2)13(9,10)11/h3-4,6-8H,5H2,1-2H3,(H,9,10,11). The molecule has 0 rings (SSSR count). The molecule has 2 N–H and O–H groups in total. The smallest absolute Gasteiger partial charge is 0.272 e. The molecule has 0 saturated heterocycles. The molecule has 0 bridgehead atoms. The fourth-order valence-corrected chi connectivity index (χ4v) is 0.906. The second-order valence-electron chi connectivity index (χ2n) is 2.51. The summed E-state index contributed by atoms with van der Waals surface area (Å²) in [4.78, 5) is 0. The highest BCUT2D eigenvalue weighted by Gasteiger charge is 2.26. The van der Waals surface area contributed by atoms with Crippen LogP contribution in [0.5, 0.6) is 0 Å². The lowest BCUT2D eigenvalue weighted by molar-refractivity contribution is -0.0879. The Labute approximate surface area is 77.8 Å². The van der Waals surface area contributed by atoms with E-state index in [9.17, 15) is 8.42 Å². The highest BCUT2D eigenvalue weighted by Crippen LogP contribution is 2.05. The third-order valence-corrected chi connectivity index (χ3v) is 2.64. The van der Waals surface area contributed by atoms with Gasteiger partial charge in [-0.2, -0.15) is 8.42 Å². The molecule has 0 aliphatic carbocycles. The number of hydrogen-bond acceptors (Lipinski definition) is 4. The van der Waals surface area contributed by atoms with Crippen molar-refractivity contribution in [2.45, 2.75) is 25.4 Å². The number of ether oxygens (including phenoxy) is 1. The van der Waals surface area contributed by atoms with Crippen molar-refractivity contribution in [2.24, 2.45) is 0 Å². The molecule has 2 unspecified atom stereocenters. The highest BCUT2D eigenvalue weighted by molar-refractivity contribution is 7.86. The summed E-state index contributed by atoms with van der Waals surface area (Å²) in [6, 6.07) is 0. The van der Waals surface area contributed by atoms with Gasteiger partial charge in [-0.3, -0.25) is 4.55 Å². The van der Waals surface area contributed by atoms with E-state index < -0.39 is 21.7 Å². The number of hydrogen-bond donors (Lipinski definition) is 2. The lowest BCUT2D eigenvalue weighted by Gasteiger charge is -2.15. The number of allylic oxidation sites excluding steroid dienone is 1. The zero-order valence-electron chi connectivity index (χ0n) is 7.54. The number of aliphatic hydroxyl groups is 1. The van der Waals surface area contributed by atoms with E-state index in [4.69, 9.17) is 14.4 Å². The zero-order chi connectivity index (χ0) is 10.5. The van der Waals surface area contributed by atoms with E-state index >= 15 is 0 Å². The first-order valence-corrected chi connectivity index (χ1v) is 5.27. The third kappa shape index (κ3) is 4.99. The van der Waals surface area contributed by atoms with Crippen molar-refractivity contribution >= 4 is 10.1 Å². The van der Waals surface area contributed by atoms with Crippen molar-refractivity contribution in [3.8, 4) is 0 Å². The Kier molecular flexibility index (Phi) is 5.16. The molecule has 0 saturated carbocycles. The maximum absolute atomic E-state index is 10.5. The zero-order valence-corrected chi connectivity index (χ0v) is 8.36. The van der Waals surface area contributed by atoms with Crippen molar-refractivity contribution in [1.82, 2.24) is 0 Å². The molecular weight excluding hydrogens is 196 g/mol. The first-order chi connectivity index (χ1) is 5.89. The van der Waals surface area contributed by atoms with E-state index in [1.165, 1.54) is 0 Å². The van der Waals surface area contributed by atoms with Gasteiger partial charge in [0.2, 0.25) is 0 Å². The van der Waals surface area contributed by atoms with Crippen molar-refractivity contribution in [3.63, 3.8) is 0 Å². The molecule has 0 spiro atoms. The van der Waals surface area contributed by atoms with Crippen LogP contribution in [0.15, 0.2) is 12.2 Å². The summed E-state index contributed by atoms with van der Waals surface area (Å²) in [7, 11) is -4.24. The average Bonchev–Trinajstić information content (AvgIpc) is 2.01. The summed E-state index contributed by atoms with van der Waals surface area (Å²) in [5.41, 5.74) is 0. The molecule has 78 valence electrons. The Hall–Kier alpha value is -0.430. The molecule has 0 aromatic rings. The molecule has 0 aliphatic heterocycles. The minimum Gasteiger partial charge on any atom is -0.367 e. The third-order valence-electron chi connectivity index (χ3n) is 1.47. The Morgan fingerprint density at radius 2 is 2.08 bits per heavy atom. The summed E-state index contributed by atoms with van der Waals surface area (Å²) in [5, 5.41) is 7.75. The van der Waals surface area contributed by atoms with Crippen LogP contribution in [-0.2, 0) is 14.9 Å². The van der Waals surface area contributed by atoms with Gasteiger partial charge in [0.15, 0.2) is 6.29 Å². The van der Waals surface area contributed by atoms with Crippen LogP contribution < -0.4 is 0 Å². The van der Waals surface area contributed by atoms with Crippen LogP contribution in [0.3, 0.4) is 0 Å². The van der Waals surface area contributed by atoms with Crippen LogP contribution in [0, 0.1) is 0 Å². The largest absolute Gasteiger partial charge is 0.367 e. The van der Waals surface area contributed by atoms with Gasteiger partial charge in [0.1, 0.15) is 5.25 Å². The molecule has 0 aliphatic rings. The van der Waals surface area contributed by atoms with Gasteiger partial charge in [0.05, 0.1) is 6.61 Å². The summed E-state index contributed by atoms with van der Waals surface area (Å²) >= 11 is 0. The van der Waals surface area contributed by atoms with Crippen LogP contribution in [0.2, 0.25) is 0 Å². The Balaban J connectivity index is 4.05. The molecule has 0 aromatic carbocycles. The second-order valence-corrected chi connectivity index (χ2v) is 4.29. The fourth-order valence-electron chi connectivity index (χ4n) is 0.533. The first kappa shape index (κ1) is 12.6. The molecule has 0 amide bonds. The van der Waals surface area contributed by atoms with Gasteiger partial charge in [-0.15, -0.1) is 0 Å². The minimum atomic E-state index is -4.24. The Morgan fingerprint density at radius 1 is 1.54 bits per heavy atom. The molecule has 2 atom stereocenters. The van der Waals surface area contributed by atoms with Gasteiger partial charge < -0.3 is 9.84 Å². The van der Waals surface area contributed by atoms with Crippen LogP contribution in [0.4, 0.5) is 0 Å². The maximum Gasteiger partial charge on any atom is 0.272 e. The summed E-state index contributed by atoms with van der Waals surface area (Å²) in [6.45, 7) is 3.04. The minimum absolute atomic E-state index is 0.109. The molecule has 0 fully saturated rings. The normalized spacial score (nSPS) is 17.5. The van der Waals surface area contributed by atoms with Crippen molar-refractivity contribution in [3.05, 3.63) is 12.2 Å². The quantitative estimate of drug-likeness (QED) is 0.384. The summed E-state index contributed by atoms with van der Waals surface area (Å²) in [6.07, 6.45) is 1.80. The highest BCUT2D eigenvalue weighted by atomic mass is 32.2. The van der Waals surface area contributed by atoms with Gasteiger partial charge in [-0.25, -0.2) is 0 Å². The average molecular weight is 210 g/mol. The van der Waals surface area contributed by atoms with E-state index in [-0.39, 0.29) is 6.61 Å². The van der Waals surface area contributed by atoms with E-state index in [0.717, 1.165) is 6.92 Å². The topological polar surface area (TPSA) is 83.8 Å². The van der Waals surface area contributed by atoms with Crippen molar-refractivity contribution in [1.29, 1.82) is 0 Å². The van der Waals surface area contributed by atoms with E-state index in [1.54, 1.807) is 19.1 Å². The molecule has 0 heterocycles. The molecule has 5 nitrogen and oxygen atoms in total. The van der Waals surface area contributed by atoms with Crippen molar-refractivity contribution < 1.29 is 22.8 Å². The summed E-state index contributed by atoms with van der Waals surface area (Å²) < 4.78 is 34.2. The summed E-state index contributed by atoms with van der Waals surface area (Å²) in [5.74, 6) is 0. The molecular formula is C7H14O5S. The SMILES string of the molecule is CC=CCOC(O)C(C)S(=O)(=O)O. The van der Waals surface area contributed by atoms with E-state index in [2.05, 4.69) is 0 Å².